The number of carbonyl (C=O) groups excluding carboxylic acids is 1. The van der Waals surface area contributed by atoms with Crippen LogP contribution in [0, 0.1) is 23.7 Å². The summed E-state index contributed by atoms with van der Waals surface area (Å²) in [4.78, 5) is 15.0. The summed E-state index contributed by atoms with van der Waals surface area (Å²) in [6, 6.07) is 0.123. The maximum atomic E-state index is 12.9. The van der Waals surface area contributed by atoms with E-state index in [1.165, 1.54) is 44.9 Å². The van der Waals surface area contributed by atoms with Crippen LogP contribution in [0.2, 0.25) is 0 Å². The average Bonchev–Trinajstić information content (AvgIpc) is 3.30. The molecule has 0 aromatic heterocycles. The molecule has 4 nitrogen and oxygen atoms in total. The Kier molecular flexibility index (Phi) is 4.64. The normalized spacial score (nSPS) is 38.6. The summed E-state index contributed by atoms with van der Waals surface area (Å²) < 4.78 is 6.13. The number of rotatable bonds is 4. The second kappa shape index (κ2) is 6.72. The molecule has 4 fully saturated rings. The molecule has 2 N–H and O–H groups in total. The number of hydrogen-bond donors (Lipinski definition) is 1. The molecule has 3 saturated carbocycles. The summed E-state index contributed by atoms with van der Waals surface area (Å²) in [5.41, 5.74) is 6.34. The number of hydrogen-bond acceptors (Lipinski definition) is 3. The molecule has 0 aromatic carbocycles. The molecule has 1 saturated heterocycles. The minimum absolute atomic E-state index is 0.115. The fourth-order valence-electron chi connectivity index (χ4n) is 5.61. The molecule has 130 valence electrons. The van der Waals surface area contributed by atoms with E-state index in [0.29, 0.717) is 23.8 Å². The summed E-state index contributed by atoms with van der Waals surface area (Å²) >= 11 is 0. The van der Waals surface area contributed by atoms with Crippen LogP contribution in [0.25, 0.3) is 0 Å². The quantitative estimate of drug-likeness (QED) is 0.866. The van der Waals surface area contributed by atoms with Gasteiger partial charge in [-0.2, -0.15) is 0 Å². The van der Waals surface area contributed by atoms with Crippen LogP contribution < -0.4 is 5.73 Å². The van der Waals surface area contributed by atoms with Gasteiger partial charge in [-0.15, -0.1) is 0 Å². The Morgan fingerprint density at radius 2 is 1.70 bits per heavy atom. The topological polar surface area (TPSA) is 55.6 Å². The van der Waals surface area contributed by atoms with Crippen molar-refractivity contribution in [3.8, 4) is 0 Å². The van der Waals surface area contributed by atoms with Crippen molar-refractivity contribution >= 4 is 5.91 Å². The number of piperidine rings is 1. The number of fused-ring (bicyclic) bond motifs is 2. The largest absolute Gasteiger partial charge is 0.378 e. The van der Waals surface area contributed by atoms with Crippen molar-refractivity contribution in [1.82, 2.24) is 4.90 Å². The second-order valence-electron chi connectivity index (χ2n) is 8.44. The highest BCUT2D eigenvalue weighted by Gasteiger charge is 2.50. The molecule has 1 heterocycles. The van der Waals surface area contributed by atoms with E-state index in [9.17, 15) is 4.79 Å². The van der Waals surface area contributed by atoms with Crippen molar-refractivity contribution in [2.45, 2.75) is 69.9 Å². The molecule has 0 spiro atoms. The van der Waals surface area contributed by atoms with Gasteiger partial charge in [-0.1, -0.05) is 12.8 Å². The smallest absolute Gasteiger partial charge is 0.227 e. The summed E-state index contributed by atoms with van der Waals surface area (Å²) in [7, 11) is 0. The maximum Gasteiger partial charge on any atom is 0.227 e. The zero-order valence-corrected chi connectivity index (χ0v) is 14.3. The number of nitrogens with two attached hydrogens (primary N) is 1. The first-order valence-corrected chi connectivity index (χ1v) is 9.88. The Morgan fingerprint density at radius 3 is 2.35 bits per heavy atom. The van der Waals surface area contributed by atoms with E-state index in [-0.39, 0.29) is 12.0 Å². The number of nitrogens with zero attached hydrogens (tertiary/aromatic N) is 1. The lowest BCUT2D eigenvalue weighted by molar-refractivity contribution is -0.140. The van der Waals surface area contributed by atoms with E-state index in [2.05, 4.69) is 4.90 Å². The summed E-state index contributed by atoms with van der Waals surface area (Å²) in [5.74, 6) is 2.44. The fraction of sp³-hybridized carbons (Fsp3) is 0.947. The van der Waals surface area contributed by atoms with Crippen LogP contribution in [0.3, 0.4) is 0 Å². The van der Waals surface area contributed by atoms with Crippen LogP contribution in [0.15, 0.2) is 0 Å². The second-order valence-corrected chi connectivity index (χ2v) is 8.44. The van der Waals surface area contributed by atoms with Gasteiger partial charge in [-0.05, 0) is 62.7 Å². The predicted octanol–water partition coefficient (Wildman–Crippen LogP) is 2.56. The number of carbonyl (C=O) groups is 1. The summed E-state index contributed by atoms with van der Waals surface area (Å²) in [6.45, 7) is 2.68. The molecule has 0 radical (unpaired) electrons. The molecule has 4 aliphatic rings. The zero-order valence-electron chi connectivity index (χ0n) is 14.3. The van der Waals surface area contributed by atoms with Crippen LogP contribution in [-0.4, -0.2) is 42.6 Å². The number of likely N-dealkylation sites (tertiary alicyclic amines) is 1. The van der Waals surface area contributed by atoms with E-state index >= 15 is 0 Å². The van der Waals surface area contributed by atoms with Crippen LogP contribution >= 0.6 is 0 Å². The van der Waals surface area contributed by atoms with E-state index in [1.54, 1.807) is 0 Å². The summed E-state index contributed by atoms with van der Waals surface area (Å²) in [6.07, 6.45) is 11.5. The van der Waals surface area contributed by atoms with Gasteiger partial charge >= 0.3 is 0 Å². The molecule has 0 unspecified atom stereocenters. The van der Waals surface area contributed by atoms with Gasteiger partial charge in [0, 0.05) is 25.7 Å². The first-order chi connectivity index (χ1) is 11.2. The van der Waals surface area contributed by atoms with Crippen LogP contribution in [0.5, 0.6) is 0 Å². The monoisotopic (exact) mass is 320 g/mol. The molecule has 3 aliphatic carbocycles. The summed E-state index contributed by atoms with van der Waals surface area (Å²) in [5, 5.41) is 0. The lowest BCUT2D eigenvalue weighted by Crippen LogP contribution is -2.50. The molecule has 23 heavy (non-hydrogen) atoms. The van der Waals surface area contributed by atoms with Gasteiger partial charge in [0.1, 0.15) is 0 Å². The zero-order chi connectivity index (χ0) is 15.8. The Bertz CT molecular complexity index is 425. The Hall–Kier alpha value is -0.610. The third-order valence-corrected chi connectivity index (χ3v) is 7.06. The SMILES string of the molecule is N[C@H]1[C@H]2CC[C@@H](C2)[C@@H]1C(=O)N1CCC(OCC2CCCC2)CC1. The van der Waals surface area contributed by atoms with Gasteiger partial charge in [0.2, 0.25) is 5.91 Å². The Labute approximate surface area is 140 Å². The van der Waals surface area contributed by atoms with Gasteiger partial charge in [0.05, 0.1) is 12.0 Å². The standard InChI is InChI=1S/C19H32N2O2/c20-18-15-6-5-14(11-15)17(18)19(22)21-9-7-16(8-10-21)23-12-13-3-1-2-4-13/h13-18H,1-12,20H2/t14-,15-,17-,18-/m0/s1. The van der Waals surface area contributed by atoms with E-state index in [1.807, 2.05) is 0 Å². The maximum absolute atomic E-state index is 12.9. The third-order valence-electron chi connectivity index (χ3n) is 7.06. The molecular formula is C19H32N2O2. The van der Waals surface area contributed by atoms with Crippen molar-refractivity contribution < 1.29 is 9.53 Å². The lowest BCUT2D eigenvalue weighted by Gasteiger charge is -2.37. The minimum atomic E-state index is 0.115. The van der Waals surface area contributed by atoms with Crippen molar-refractivity contribution in [2.75, 3.05) is 19.7 Å². The third kappa shape index (κ3) is 3.17. The first-order valence-electron chi connectivity index (χ1n) is 9.88. The number of ether oxygens (including phenoxy) is 1. The molecular weight excluding hydrogens is 288 g/mol. The Balaban J connectivity index is 1.24. The van der Waals surface area contributed by atoms with Crippen molar-refractivity contribution in [1.29, 1.82) is 0 Å². The number of amides is 1. The van der Waals surface area contributed by atoms with Crippen molar-refractivity contribution in [3.63, 3.8) is 0 Å². The molecule has 4 atom stereocenters. The van der Waals surface area contributed by atoms with Gasteiger partial charge in [0.25, 0.3) is 0 Å². The first kappa shape index (κ1) is 15.9. The van der Waals surface area contributed by atoms with Gasteiger partial charge < -0.3 is 15.4 Å². The lowest BCUT2D eigenvalue weighted by atomic mass is 9.83. The van der Waals surface area contributed by atoms with Crippen LogP contribution in [0.1, 0.15) is 57.8 Å². The fourth-order valence-corrected chi connectivity index (χ4v) is 5.61. The van der Waals surface area contributed by atoms with E-state index < -0.39 is 0 Å². The van der Waals surface area contributed by atoms with Crippen LogP contribution in [-0.2, 0) is 9.53 Å². The average molecular weight is 320 g/mol. The molecule has 1 amide bonds. The highest BCUT2D eigenvalue weighted by molar-refractivity contribution is 5.80. The van der Waals surface area contributed by atoms with Gasteiger partial charge in [-0.3, -0.25) is 4.79 Å². The molecule has 4 rings (SSSR count). The van der Waals surface area contributed by atoms with E-state index in [4.69, 9.17) is 10.5 Å². The van der Waals surface area contributed by atoms with Gasteiger partial charge in [-0.25, -0.2) is 0 Å². The predicted molar refractivity (Wildman–Crippen MR) is 89.8 cm³/mol. The molecule has 0 aromatic rings. The molecule has 1 aliphatic heterocycles. The van der Waals surface area contributed by atoms with Crippen LogP contribution in [0.4, 0.5) is 0 Å². The van der Waals surface area contributed by atoms with E-state index in [0.717, 1.165) is 38.5 Å². The van der Waals surface area contributed by atoms with Crippen molar-refractivity contribution in [3.05, 3.63) is 0 Å². The Morgan fingerprint density at radius 1 is 1.00 bits per heavy atom. The van der Waals surface area contributed by atoms with Gasteiger partial charge in [0.15, 0.2) is 0 Å². The van der Waals surface area contributed by atoms with Crippen molar-refractivity contribution in [2.24, 2.45) is 29.4 Å². The minimum Gasteiger partial charge on any atom is -0.378 e. The highest BCUT2D eigenvalue weighted by atomic mass is 16.5. The highest BCUT2D eigenvalue weighted by Crippen LogP contribution is 2.48. The molecule has 4 heteroatoms. The molecule has 2 bridgehead atoms.